The fourth-order valence-electron chi connectivity index (χ4n) is 2.94. The number of fused-ring (bicyclic) bond motifs is 1. The number of primary sulfonamides is 1. The lowest BCUT2D eigenvalue weighted by Crippen LogP contribution is -2.40. The van der Waals surface area contributed by atoms with Gasteiger partial charge in [0.05, 0.1) is 11.4 Å². The molecule has 1 aliphatic rings. The topological polar surface area (TPSA) is 87.8 Å². The summed E-state index contributed by atoms with van der Waals surface area (Å²) in [7, 11) is -3.70. The second-order valence-electron chi connectivity index (χ2n) is 5.89. The Bertz CT molecular complexity index is 900. The number of hydrogen-bond donors (Lipinski definition) is 2. The fraction of sp³-hybridized carbons (Fsp3) is 0.278. The van der Waals surface area contributed by atoms with Crippen molar-refractivity contribution in [1.82, 2.24) is 5.32 Å². The van der Waals surface area contributed by atoms with E-state index in [1.165, 1.54) is 17.3 Å². The molecule has 8 heteroatoms. The molecule has 1 heterocycles. The van der Waals surface area contributed by atoms with Gasteiger partial charge in [-0.1, -0.05) is 30.3 Å². The molecular formula is C18H23IN4O2S. The van der Waals surface area contributed by atoms with Crippen molar-refractivity contribution >= 4 is 45.6 Å². The Kier molecular flexibility index (Phi) is 7.01. The second-order valence-corrected chi connectivity index (χ2v) is 7.45. The molecule has 0 aromatic heterocycles. The summed E-state index contributed by atoms with van der Waals surface area (Å²) in [6.07, 6.45) is 0.988. The number of sulfonamides is 1. The number of benzene rings is 2. The van der Waals surface area contributed by atoms with Gasteiger partial charge in [-0.05, 0) is 42.7 Å². The highest BCUT2D eigenvalue weighted by Gasteiger charge is 2.22. The van der Waals surface area contributed by atoms with Crippen LogP contribution in [0.1, 0.15) is 18.1 Å². The second kappa shape index (κ2) is 8.83. The molecular weight excluding hydrogens is 463 g/mol. The summed E-state index contributed by atoms with van der Waals surface area (Å²) < 4.78 is 23.0. The van der Waals surface area contributed by atoms with Crippen molar-refractivity contribution in [3.8, 4) is 0 Å². The van der Waals surface area contributed by atoms with Crippen LogP contribution in [0.3, 0.4) is 0 Å². The van der Waals surface area contributed by atoms with E-state index >= 15 is 0 Å². The molecule has 0 saturated carbocycles. The van der Waals surface area contributed by atoms with Gasteiger partial charge in [-0.2, -0.15) is 0 Å². The smallest absolute Gasteiger partial charge is 0.238 e. The molecule has 0 atom stereocenters. The first-order valence-electron chi connectivity index (χ1n) is 8.24. The number of hydrogen-bond acceptors (Lipinski definition) is 3. The van der Waals surface area contributed by atoms with Crippen molar-refractivity contribution in [1.29, 1.82) is 0 Å². The third-order valence-corrected chi connectivity index (χ3v) is 5.03. The van der Waals surface area contributed by atoms with Crippen molar-refractivity contribution in [2.24, 2.45) is 10.1 Å². The van der Waals surface area contributed by atoms with Gasteiger partial charge in [-0.15, -0.1) is 24.0 Å². The predicted molar refractivity (Wildman–Crippen MR) is 116 cm³/mol. The van der Waals surface area contributed by atoms with Gasteiger partial charge < -0.3 is 10.2 Å². The Morgan fingerprint density at radius 1 is 1.23 bits per heavy atom. The summed E-state index contributed by atoms with van der Waals surface area (Å²) >= 11 is 0. The van der Waals surface area contributed by atoms with Crippen LogP contribution in [0.25, 0.3) is 0 Å². The van der Waals surface area contributed by atoms with Gasteiger partial charge in [0.2, 0.25) is 10.0 Å². The Hall–Kier alpha value is -1.65. The summed E-state index contributed by atoms with van der Waals surface area (Å²) in [5, 5.41) is 8.51. The van der Waals surface area contributed by atoms with Gasteiger partial charge in [0, 0.05) is 18.8 Å². The molecule has 0 aliphatic carbocycles. The van der Waals surface area contributed by atoms with E-state index in [1.807, 2.05) is 25.1 Å². The van der Waals surface area contributed by atoms with Crippen LogP contribution in [0.5, 0.6) is 0 Å². The molecule has 0 saturated heterocycles. The lowest BCUT2D eigenvalue weighted by Gasteiger charge is -2.22. The number of anilines is 1. The van der Waals surface area contributed by atoms with E-state index < -0.39 is 10.0 Å². The normalized spacial score (nSPS) is 13.9. The van der Waals surface area contributed by atoms with Crippen LogP contribution >= 0.6 is 24.0 Å². The molecule has 1 aliphatic heterocycles. The molecule has 0 spiro atoms. The highest BCUT2D eigenvalue weighted by Crippen LogP contribution is 2.27. The number of nitrogens with zero attached hydrogens (tertiary/aromatic N) is 2. The van der Waals surface area contributed by atoms with Crippen LogP contribution in [0.2, 0.25) is 0 Å². The van der Waals surface area contributed by atoms with Gasteiger partial charge in [0.25, 0.3) is 0 Å². The number of halogens is 1. The summed E-state index contributed by atoms with van der Waals surface area (Å²) in [6.45, 7) is 4.04. The average Bonchev–Trinajstić information content (AvgIpc) is 3.02. The Morgan fingerprint density at radius 2 is 2.00 bits per heavy atom. The summed E-state index contributed by atoms with van der Waals surface area (Å²) in [6, 6.07) is 14.9. The predicted octanol–water partition coefficient (Wildman–Crippen LogP) is 2.48. The van der Waals surface area contributed by atoms with Crippen molar-refractivity contribution < 1.29 is 8.42 Å². The standard InChI is InChI=1S/C18H22N4O2S.HI/c1-2-20-18(22-11-10-15-7-3-4-9-17(15)22)21-13-14-6-5-8-16(12-14)25(19,23)24;/h3-9,12H,2,10-11,13H2,1H3,(H,20,21)(H2,19,23,24);1H. The zero-order valence-corrected chi connectivity index (χ0v) is 17.7. The Morgan fingerprint density at radius 3 is 2.73 bits per heavy atom. The van der Waals surface area contributed by atoms with E-state index in [0.717, 1.165) is 31.0 Å². The summed E-state index contributed by atoms with van der Waals surface area (Å²) in [5.74, 6) is 0.799. The first-order valence-corrected chi connectivity index (χ1v) is 9.79. The Labute approximate surface area is 171 Å². The number of aliphatic imine (C=N–C) groups is 1. The van der Waals surface area contributed by atoms with Crippen LogP contribution in [0.4, 0.5) is 5.69 Å². The molecule has 26 heavy (non-hydrogen) atoms. The van der Waals surface area contributed by atoms with E-state index in [9.17, 15) is 8.42 Å². The van der Waals surface area contributed by atoms with E-state index in [0.29, 0.717) is 6.54 Å². The Balaban J connectivity index is 0.00000243. The van der Waals surface area contributed by atoms with Gasteiger partial charge in [-0.3, -0.25) is 0 Å². The number of guanidine groups is 1. The molecule has 6 nitrogen and oxygen atoms in total. The molecule has 3 rings (SSSR count). The van der Waals surface area contributed by atoms with Crippen LogP contribution < -0.4 is 15.4 Å². The molecule has 3 N–H and O–H groups in total. The van der Waals surface area contributed by atoms with Crippen molar-refractivity contribution in [3.63, 3.8) is 0 Å². The quantitative estimate of drug-likeness (QED) is 0.395. The minimum absolute atomic E-state index is 0. The van der Waals surface area contributed by atoms with Crippen molar-refractivity contribution in [3.05, 3.63) is 59.7 Å². The number of para-hydroxylation sites is 1. The van der Waals surface area contributed by atoms with E-state index in [4.69, 9.17) is 5.14 Å². The number of nitrogens with one attached hydrogen (secondary N) is 1. The molecule has 0 bridgehead atoms. The van der Waals surface area contributed by atoms with Gasteiger partial charge in [0.1, 0.15) is 0 Å². The maximum absolute atomic E-state index is 11.5. The molecule has 2 aromatic carbocycles. The first kappa shape index (κ1) is 20.7. The lowest BCUT2D eigenvalue weighted by atomic mass is 10.2. The first-order chi connectivity index (χ1) is 12.0. The van der Waals surface area contributed by atoms with Gasteiger partial charge in [-0.25, -0.2) is 18.5 Å². The highest BCUT2D eigenvalue weighted by atomic mass is 127. The third-order valence-electron chi connectivity index (χ3n) is 4.12. The van der Waals surface area contributed by atoms with E-state index in [2.05, 4.69) is 27.3 Å². The van der Waals surface area contributed by atoms with Crippen LogP contribution in [-0.4, -0.2) is 27.5 Å². The fourth-order valence-corrected chi connectivity index (χ4v) is 3.52. The largest absolute Gasteiger partial charge is 0.356 e. The van der Waals surface area contributed by atoms with E-state index in [-0.39, 0.29) is 28.9 Å². The SMILES string of the molecule is CCNC(=NCc1cccc(S(N)(=O)=O)c1)N1CCc2ccccc21.I. The summed E-state index contributed by atoms with van der Waals surface area (Å²) in [5.41, 5.74) is 3.28. The molecule has 140 valence electrons. The maximum atomic E-state index is 11.5. The zero-order chi connectivity index (χ0) is 17.9. The molecule has 2 aromatic rings. The minimum Gasteiger partial charge on any atom is -0.356 e. The maximum Gasteiger partial charge on any atom is 0.238 e. The van der Waals surface area contributed by atoms with Crippen LogP contribution in [-0.2, 0) is 23.0 Å². The van der Waals surface area contributed by atoms with Crippen molar-refractivity contribution in [2.45, 2.75) is 24.8 Å². The lowest BCUT2D eigenvalue weighted by molar-refractivity contribution is 0.597. The third kappa shape index (κ3) is 4.74. The average molecular weight is 486 g/mol. The minimum atomic E-state index is -3.70. The van der Waals surface area contributed by atoms with Crippen molar-refractivity contribution in [2.75, 3.05) is 18.0 Å². The zero-order valence-electron chi connectivity index (χ0n) is 14.6. The summed E-state index contributed by atoms with van der Waals surface area (Å²) in [4.78, 5) is 6.96. The van der Waals surface area contributed by atoms with Crippen LogP contribution in [0, 0.1) is 0 Å². The number of rotatable bonds is 4. The number of nitrogens with two attached hydrogens (primary N) is 1. The highest BCUT2D eigenvalue weighted by molar-refractivity contribution is 14.0. The molecule has 0 unspecified atom stereocenters. The van der Waals surface area contributed by atoms with E-state index in [1.54, 1.807) is 12.1 Å². The molecule has 0 fully saturated rings. The molecule has 0 amide bonds. The monoisotopic (exact) mass is 486 g/mol. The van der Waals surface area contributed by atoms with Gasteiger partial charge >= 0.3 is 0 Å². The molecule has 0 radical (unpaired) electrons. The van der Waals surface area contributed by atoms with Crippen LogP contribution in [0.15, 0.2) is 58.4 Å². The van der Waals surface area contributed by atoms with Gasteiger partial charge in [0.15, 0.2) is 5.96 Å².